The van der Waals surface area contributed by atoms with Crippen molar-refractivity contribution in [3.8, 4) is 5.75 Å². The zero-order valence-corrected chi connectivity index (χ0v) is 21.5. The maximum absolute atomic E-state index is 12.1. The van der Waals surface area contributed by atoms with Gasteiger partial charge in [0.25, 0.3) is 0 Å². The zero-order valence-electron chi connectivity index (χ0n) is 21.5. The van der Waals surface area contributed by atoms with Crippen LogP contribution in [0.4, 0.5) is 26.3 Å². The van der Waals surface area contributed by atoms with Gasteiger partial charge in [0.15, 0.2) is 0 Å². The molecule has 2 nitrogen and oxygen atoms in total. The topological polar surface area (TPSA) is 26.3 Å². The number of ether oxygens (including phenoxy) is 1. The van der Waals surface area contributed by atoms with Gasteiger partial charge in [-0.2, -0.15) is 26.3 Å². The molecule has 0 radical (unpaired) electrons. The molecule has 0 atom stereocenters. The first-order valence-corrected chi connectivity index (χ1v) is 13.4. The zero-order chi connectivity index (χ0) is 26.9. The van der Waals surface area contributed by atoms with Crippen LogP contribution >= 0.6 is 0 Å². The largest absolute Gasteiger partial charge is 0.427 e. The highest BCUT2D eigenvalue weighted by molar-refractivity contribution is 5.69. The predicted octanol–water partition coefficient (Wildman–Crippen LogP) is 10.1. The molecule has 0 aliphatic heterocycles. The average molecular weight is 525 g/mol. The Bertz CT molecular complexity index is 677. The number of rotatable bonds is 19. The number of alkyl halides is 6. The van der Waals surface area contributed by atoms with Gasteiger partial charge < -0.3 is 4.74 Å². The molecule has 0 saturated carbocycles. The van der Waals surface area contributed by atoms with Gasteiger partial charge in [0.2, 0.25) is 0 Å². The predicted molar refractivity (Wildman–Crippen MR) is 131 cm³/mol. The second kappa shape index (κ2) is 17.7. The van der Waals surface area contributed by atoms with Crippen molar-refractivity contribution < 1.29 is 35.9 Å². The van der Waals surface area contributed by atoms with E-state index in [1.165, 1.54) is 6.92 Å². The summed E-state index contributed by atoms with van der Waals surface area (Å²) in [6, 6.07) is 5.92. The van der Waals surface area contributed by atoms with Gasteiger partial charge in [0.1, 0.15) is 5.75 Å². The maximum Gasteiger partial charge on any atom is 0.389 e. The quantitative estimate of drug-likeness (QED) is 0.0779. The number of unbranched alkanes of at least 4 members (excludes halogenated alkanes) is 12. The molecule has 0 unspecified atom stereocenters. The molecule has 0 aliphatic rings. The summed E-state index contributed by atoms with van der Waals surface area (Å²) in [5.41, 5.74) is 2.22. The van der Waals surface area contributed by atoms with Crippen LogP contribution in [-0.2, 0) is 17.6 Å². The summed E-state index contributed by atoms with van der Waals surface area (Å²) in [5.74, 6) is 0.179. The first kappa shape index (κ1) is 32.3. The van der Waals surface area contributed by atoms with Gasteiger partial charge in [0, 0.05) is 19.8 Å². The van der Waals surface area contributed by atoms with Crippen LogP contribution in [0.3, 0.4) is 0 Å². The molecule has 0 saturated heterocycles. The average Bonchev–Trinajstić information content (AvgIpc) is 2.74. The van der Waals surface area contributed by atoms with E-state index < -0.39 is 25.2 Å². The fourth-order valence-electron chi connectivity index (χ4n) is 4.32. The third kappa shape index (κ3) is 19.5. The van der Waals surface area contributed by atoms with Crippen LogP contribution in [0.1, 0.15) is 121 Å². The van der Waals surface area contributed by atoms with E-state index in [2.05, 4.69) is 6.07 Å². The van der Waals surface area contributed by atoms with Gasteiger partial charge in [-0.05, 0) is 61.8 Å². The lowest BCUT2D eigenvalue weighted by molar-refractivity contribution is -0.136. The number of aryl methyl sites for hydroxylation is 2. The Labute approximate surface area is 212 Å². The number of hydrogen-bond acceptors (Lipinski definition) is 2. The van der Waals surface area contributed by atoms with E-state index in [0.29, 0.717) is 18.6 Å². The van der Waals surface area contributed by atoms with Crippen LogP contribution in [0, 0.1) is 0 Å². The van der Waals surface area contributed by atoms with Crippen molar-refractivity contribution in [2.24, 2.45) is 0 Å². The van der Waals surface area contributed by atoms with Crippen LogP contribution < -0.4 is 4.74 Å². The number of carbonyl (C=O) groups excluding carboxylic acids is 1. The SMILES string of the molecule is CC(=O)Oc1cc(CCCCCCCCCC(F)(F)F)cc(CCCCCCCCCC(F)(F)F)c1. The van der Waals surface area contributed by atoms with E-state index >= 15 is 0 Å². The Morgan fingerprint density at radius 2 is 0.917 bits per heavy atom. The molecule has 0 spiro atoms. The van der Waals surface area contributed by atoms with Crippen LogP contribution in [0.25, 0.3) is 0 Å². The molecule has 0 bridgehead atoms. The Balaban J connectivity index is 2.29. The maximum atomic E-state index is 12.1. The second-order valence-electron chi connectivity index (χ2n) is 9.76. The standard InChI is InChI=1S/C28H42F6O2/c1-23(35)36-26-21-24(16-12-8-4-2-6-10-14-18-27(29,30)31)20-25(22-26)17-13-9-5-3-7-11-15-19-28(32,33)34/h20-22H,2-19H2,1H3. The number of hydrogen-bond donors (Lipinski definition) is 0. The van der Waals surface area contributed by atoms with Crippen LogP contribution in [0.5, 0.6) is 5.75 Å². The number of carbonyl (C=O) groups is 1. The van der Waals surface area contributed by atoms with Crippen molar-refractivity contribution in [2.45, 2.75) is 135 Å². The van der Waals surface area contributed by atoms with Gasteiger partial charge in [-0.15, -0.1) is 0 Å². The molecule has 0 amide bonds. The highest BCUT2D eigenvalue weighted by atomic mass is 19.4. The summed E-state index contributed by atoms with van der Waals surface area (Å²) in [4.78, 5) is 11.4. The van der Waals surface area contributed by atoms with Crippen molar-refractivity contribution in [3.63, 3.8) is 0 Å². The van der Waals surface area contributed by atoms with Crippen molar-refractivity contribution >= 4 is 5.97 Å². The van der Waals surface area contributed by atoms with Gasteiger partial charge >= 0.3 is 18.3 Å². The Morgan fingerprint density at radius 3 is 1.25 bits per heavy atom. The smallest absolute Gasteiger partial charge is 0.389 e. The van der Waals surface area contributed by atoms with Crippen LogP contribution in [-0.4, -0.2) is 18.3 Å². The number of halogens is 6. The van der Waals surface area contributed by atoms with E-state index in [4.69, 9.17) is 4.74 Å². The lowest BCUT2D eigenvalue weighted by atomic mass is 9.99. The molecular formula is C28H42F6O2. The monoisotopic (exact) mass is 524 g/mol. The fourth-order valence-corrected chi connectivity index (χ4v) is 4.32. The minimum absolute atomic E-state index is 0.206. The van der Waals surface area contributed by atoms with E-state index in [-0.39, 0.29) is 18.8 Å². The summed E-state index contributed by atoms with van der Waals surface area (Å²) in [6.45, 7) is 1.37. The molecule has 0 heterocycles. The Hall–Kier alpha value is -1.73. The van der Waals surface area contributed by atoms with Gasteiger partial charge in [0.05, 0.1) is 0 Å². The third-order valence-corrected chi connectivity index (χ3v) is 6.14. The molecular weight excluding hydrogens is 482 g/mol. The van der Waals surface area contributed by atoms with Crippen LogP contribution in [0.2, 0.25) is 0 Å². The van der Waals surface area contributed by atoms with Crippen molar-refractivity contribution in [1.82, 2.24) is 0 Å². The molecule has 36 heavy (non-hydrogen) atoms. The van der Waals surface area contributed by atoms with Gasteiger partial charge in [-0.1, -0.05) is 70.3 Å². The summed E-state index contributed by atoms with van der Waals surface area (Å²) >= 11 is 0. The van der Waals surface area contributed by atoms with Crippen molar-refractivity contribution in [2.75, 3.05) is 0 Å². The van der Waals surface area contributed by atoms with E-state index in [9.17, 15) is 31.1 Å². The highest BCUT2D eigenvalue weighted by Crippen LogP contribution is 2.25. The first-order valence-electron chi connectivity index (χ1n) is 13.4. The van der Waals surface area contributed by atoms with Crippen molar-refractivity contribution in [1.29, 1.82) is 0 Å². The first-order chi connectivity index (χ1) is 16.9. The molecule has 0 fully saturated rings. The molecule has 1 rings (SSSR count). The van der Waals surface area contributed by atoms with E-state index in [0.717, 1.165) is 88.2 Å². The molecule has 8 heteroatoms. The second-order valence-corrected chi connectivity index (χ2v) is 9.76. The highest BCUT2D eigenvalue weighted by Gasteiger charge is 2.26. The minimum Gasteiger partial charge on any atom is -0.427 e. The Kier molecular flexibility index (Phi) is 15.9. The minimum atomic E-state index is -4.05. The number of benzene rings is 1. The Morgan fingerprint density at radius 1 is 0.583 bits per heavy atom. The summed E-state index contributed by atoms with van der Waals surface area (Å²) in [7, 11) is 0. The summed E-state index contributed by atoms with van der Waals surface area (Å²) < 4.78 is 78.2. The lowest BCUT2D eigenvalue weighted by Gasteiger charge is -2.10. The summed E-state index contributed by atoms with van der Waals surface area (Å²) in [5, 5.41) is 0. The van der Waals surface area contributed by atoms with E-state index in [1.54, 1.807) is 0 Å². The molecule has 1 aromatic carbocycles. The van der Waals surface area contributed by atoms with Crippen molar-refractivity contribution in [3.05, 3.63) is 29.3 Å². The summed E-state index contributed by atoms with van der Waals surface area (Å²) in [6.07, 6.45) is 3.36. The van der Waals surface area contributed by atoms with Gasteiger partial charge in [-0.3, -0.25) is 4.79 Å². The van der Waals surface area contributed by atoms with E-state index in [1.807, 2.05) is 12.1 Å². The number of esters is 1. The van der Waals surface area contributed by atoms with Gasteiger partial charge in [-0.25, -0.2) is 0 Å². The molecule has 0 aromatic heterocycles. The molecule has 1 aromatic rings. The molecule has 0 aliphatic carbocycles. The normalized spacial score (nSPS) is 12.2. The van der Waals surface area contributed by atoms with Crippen LogP contribution in [0.15, 0.2) is 18.2 Å². The molecule has 208 valence electrons. The lowest BCUT2D eigenvalue weighted by Crippen LogP contribution is -2.06. The third-order valence-electron chi connectivity index (χ3n) is 6.14. The fraction of sp³-hybridized carbons (Fsp3) is 0.750. The molecule has 0 N–H and O–H groups in total.